The summed E-state index contributed by atoms with van der Waals surface area (Å²) in [7, 11) is 0. The summed E-state index contributed by atoms with van der Waals surface area (Å²) in [6.45, 7) is 2.59. The van der Waals surface area contributed by atoms with Gasteiger partial charge in [-0.15, -0.1) is 0 Å². The fourth-order valence-electron chi connectivity index (χ4n) is 3.26. The SMILES string of the molecule is O=C(c1ccoc1)N1CCN(c2cnn(Cc3ccccc3)c(=O)c2Cl)CC1. The van der Waals surface area contributed by atoms with E-state index in [1.54, 1.807) is 17.2 Å². The number of aromatic nitrogens is 2. The molecule has 0 bridgehead atoms. The summed E-state index contributed by atoms with van der Waals surface area (Å²) < 4.78 is 6.34. The van der Waals surface area contributed by atoms with Crippen molar-refractivity contribution in [3.8, 4) is 0 Å². The predicted molar refractivity (Wildman–Crippen MR) is 106 cm³/mol. The Labute approximate surface area is 166 Å². The van der Waals surface area contributed by atoms with Crippen LogP contribution in [0.1, 0.15) is 15.9 Å². The van der Waals surface area contributed by atoms with Crippen molar-refractivity contribution in [3.05, 3.63) is 81.6 Å². The Morgan fingerprint density at radius 1 is 1.11 bits per heavy atom. The lowest BCUT2D eigenvalue weighted by atomic mass is 10.2. The van der Waals surface area contributed by atoms with Gasteiger partial charge in [0.2, 0.25) is 0 Å². The van der Waals surface area contributed by atoms with Gasteiger partial charge in [0.25, 0.3) is 11.5 Å². The Bertz CT molecular complexity index is 1010. The van der Waals surface area contributed by atoms with Gasteiger partial charge in [-0.2, -0.15) is 5.10 Å². The monoisotopic (exact) mass is 398 g/mol. The maximum atomic E-state index is 12.6. The van der Waals surface area contributed by atoms with Crippen LogP contribution in [0.2, 0.25) is 5.02 Å². The average Bonchev–Trinajstić information content (AvgIpc) is 3.27. The molecule has 8 heteroatoms. The van der Waals surface area contributed by atoms with Gasteiger partial charge in [0.15, 0.2) is 0 Å². The molecule has 2 aromatic heterocycles. The molecule has 0 atom stereocenters. The second-order valence-corrected chi connectivity index (χ2v) is 6.96. The molecule has 7 nitrogen and oxygen atoms in total. The van der Waals surface area contributed by atoms with E-state index in [-0.39, 0.29) is 16.5 Å². The third-order valence-electron chi connectivity index (χ3n) is 4.82. The van der Waals surface area contributed by atoms with Crippen LogP contribution in [0.25, 0.3) is 0 Å². The van der Waals surface area contributed by atoms with Crippen molar-refractivity contribution >= 4 is 23.2 Å². The van der Waals surface area contributed by atoms with Gasteiger partial charge in [0, 0.05) is 26.2 Å². The second kappa shape index (κ2) is 7.90. The fourth-order valence-corrected chi connectivity index (χ4v) is 3.53. The first-order valence-corrected chi connectivity index (χ1v) is 9.37. The van der Waals surface area contributed by atoms with Crippen molar-refractivity contribution < 1.29 is 9.21 Å². The molecule has 0 unspecified atom stereocenters. The zero-order valence-electron chi connectivity index (χ0n) is 15.1. The van der Waals surface area contributed by atoms with Crippen molar-refractivity contribution in [3.63, 3.8) is 0 Å². The van der Waals surface area contributed by atoms with Crippen LogP contribution < -0.4 is 10.5 Å². The molecule has 0 saturated carbocycles. The molecule has 0 N–H and O–H groups in total. The third kappa shape index (κ3) is 3.66. The number of rotatable bonds is 4. The Morgan fingerprint density at radius 2 is 1.86 bits per heavy atom. The quantitative estimate of drug-likeness (QED) is 0.675. The summed E-state index contributed by atoms with van der Waals surface area (Å²) in [5, 5.41) is 4.44. The number of hydrogen-bond acceptors (Lipinski definition) is 5. The highest BCUT2D eigenvalue weighted by atomic mass is 35.5. The molecule has 144 valence electrons. The molecular weight excluding hydrogens is 380 g/mol. The maximum Gasteiger partial charge on any atom is 0.287 e. The predicted octanol–water partition coefficient (Wildman–Crippen LogP) is 2.50. The molecule has 28 heavy (non-hydrogen) atoms. The van der Waals surface area contributed by atoms with Crippen LogP contribution in [-0.4, -0.2) is 46.8 Å². The van der Waals surface area contributed by atoms with Crippen LogP contribution in [0.15, 0.2) is 64.3 Å². The van der Waals surface area contributed by atoms with Crippen LogP contribution in [0.5, 0.6) is 0 Å². The van der Waals surface area contributed by atoms with Crippen molar-refractivity contribution in [2.45, 2.75) is 6.54 Å². The van der Waals surface area contributed by atoms with Gasteiger partial charge in [-0.05, 0) is 11.6 Å². The zero-order valence-corrected chi connectivity index (χ0v) is 15.9. The smallest absolute Gasteiger partial charge is 0.287 e. The average molecular weight is 399 g/mol. The molecule has 3 aromatic rings. The Morgan fingerprint density at radius 3 is 2.54 bits per heavy atom. The van der Waals surface area contributed by atoms with E-state index >= 15 is 0 Å². The van der Waals surface area contributed by atoms with Gasteiger partial charge in [-0.3, -0.25) is 9.59 Å². The molecule has 3 heterocycles. The van der Waals surface area contributed by atoms with Gasteiger partial charge >= 0.3 is 0 Å². The van der Waals surface area contributed by atoms with E-state index in [0.717, 1.165) is 5.56 Å². The van der Waals surface area contributed by atoms with E-state index in [0.29, 0.717) is 44.0 Å². The number of benzene rings is 1. The molecule has 1 aliphatic rings. The van der Waals surface area contributed by atoms with Crippen molar-refractivity contribution in [1.29, 1.82) is 0 Å². The van der Waals surface area contributed by atoms with Crippen LogP contribution >= 0.6 is 11.6 Å². The van der Waals surface area contributed by atoms with E-state index in [1.165, 1.54) is 17.2 Å². The van der Waals surface area contributed by atoms with Gasteiger partial charge in [-0.25, -0.2) is 4.68 Å². The van der Waals surface area contributed by atoms with E-state index < -0.39 is 0 Å². The lowest BCUT2D eigenvalue weighted by Crippen LogP contribution is -2.49. The van der Waals surface area contributed by atoms with Crippen LogP contribution in [0, 0.1) is 0 Å². The van der Waals surface area contributed by atoms with Crippen molar-refractivity contribution in [1.82, 2.24) is 14.7 Å². The molecule has 1 fully saturated rings. The number of amides is 1. The molecule has 0 aliphatic carbocycles. The fraction of sp³-hybridized carbons (Fsp3) is 0.250. The first kappa shape index (κ1) is 18.3. The molecule has 0 spiro atoms. The van der Waals surface area contributed by atoms with Crippen molar-refractivity contribution in [2.24, 2.45) is 0 Å². The van der Waals surface area contributed by atoms with Crippen molar-refractivity contribution in [2.75, 3.05) is 31.1 Å². The van der Waals surface area contributed by atoms with Gasteiger partial charge in [-0.1, -0.05) is 41.9 Å². The normalized spacial score (nSPS) is 14.3. The first-order valence-electron chi connectivity index (χ1n) is 8.99. The number of nitrogens with zero attached hydrogens (tertiary/aromatic N) is 4. The van der Waals surface area contributed by atoms with Gasteiger partial charge in [0.05, 0.1) is 30.3 Å². The standard InChI is InChI=1S/C20H19ClN4O3/c21-18-17(12-22-25(20(18)27)13-15-4-2-1-3-5-15)23-7-9-24(10-8-23)19(26)16-6-11-28-14-16/h1-6,11-12,14H,7-10,13H2. The highest BCUT2D eigenvalue weighted by Gasteiger charge is 2.25. The molecular formula is C20H19ClN4O3. The Kier molecular flexibility index (Phi) is 5.16. The Balaban J connectivity index is 1.46. The lowest BCUT2D eigenvalue weighted by Gasteiger charge is -2.36. The third-order valence-corrected chi connectivity index (χ3v) is 5.17. The van der Waals surface area contributed by atoms with Gasteiger partial charge in [0.1, 0.15) is 11.3 Å². The topological polar surface area (TPSA) is 71.6 Å². The summed E-state index contributed by atoms with van der Waals surface area (Å²) in [6.07, 6.45) is 4.56. The number of piperazine rings is 1. The second-order valence-electron chi connectivity index (χ2n) is 6.58. The molecule has 1 aromatic carbocycles. The highest BCUT2D eigenvalue weighted by Crippen LogP contribution is 2.23. The number of furan rings is 1. The summed E-state index contributed by atoms with van der Waals surface area (Å²) in [4.78, 5) is 28.8. The molecule has 1 amide bonds. The minimum atomic E-state index is -0.320. The highest BCUT2D eigenvalue weighted by molar-refractivity contribution is 6.33. The molecule has 1 aliphatic heterocycles. The van der Waals surface area contributed by atoms with Crippen LogP contribution in [-0.2, 0) is 6.54 Å². The molecule has 1 saturated heterocycles. The largest absolute Gasteiger partial charge is 0.472 e. The summed E-state index contributed by atoms with van der Waals surface area (Å²) >= 11 is 6.37. The molecule has 4 rings (SSSR count). The van der Waals surface area contributed by atoms with Crippen LogP contribution in [0.4, 0.5) is 5.69 Å². The minimum absolute atomic E-state index is 0.0594. The van der Waals surface area contributed by atoms with E-state index in [1.807, 2.05) is 35.2 Å². The maximum absolute atomic E-state index is 12.6. The van der Waals surface area contributed by atoms with E-state index in [4.69, 9.17) is 16.0 Å². The minimum Gasteiger partial charge on any atom is -0.472 e. The number of carbonyl (C=O) groups is 1. The summed E-state index contributed by atoms with van der Waals surface area (Å²) in [6, 6.07) is 11.3. The number of anilines is 1. The summed E-state index contributed by atoms with van der Waals surface area (Å²) in [5.74, 6) is -0.0594. The number of hydrogen-bond donors (Lipinski definition) is 0. The lowest BCUT2D eigenvalue weighted by molar-refractivity contribution is 0.0746. The number of halogens is 1. The van der Waals surface area contributed by atoms with Crippen LogP contribution in [0.3, 0.4) is 0 Å². The first-order chi connectivity index (χ1) is 13.6. The summed E-state index contributed by atoms with van der Waals surface area (Å²) in [5.41, 5.74) is 1.80. The molecule has 0 radical (unpaired) electrons. The number of carbonyl (C=O) groups excluding carboxylic acids is 1. The van der Waals surface area contributed by atoms with Gasteiger partial charge < -0.3 is 14.2 Å². The zero-order chi connectivity index (χ0) is 19.5. The van der Waals surface area contributed by atoms with E-state index in [9.17, 15) is 9.59 Å². The Hall–Kier alpha value is -3.06. The van der Waals surface area contributed by atoms with E-state index in [2.05, 4.69) is 5.10 Å².